The van der Waals surface area contributed by atoms with Crippen LogP contribution in [0.4, 0.5) is 0 Å². The normalized spacial score (nSPS) is 16.0. The molecular weight excluding hydrogens is 150 g/mol. The summed E-state index contributed by atoms with van der Waals surface area (Å²) in [6.45, 7) is 11.4. The number of hydrogen-bond acceptors (Lipinski definition) is 2. The minimum absolute atomic E-state index is 0.528. The van der Waals surface area contributed by atoms with Gasteiger partial charge in [0.2, 0.25) is 0 Å². The molecule has 1 N–H and O–H groups in total. The Morgan fingerprint density at radius 2 is 1.92 bits per heavy atom. The number of hydrogen-bond donors (Lipinski definition) is 1. The third-order valence-corrected chi connectivity index (χ3v) is 2.30. The summed E-state index contributed by atoms with van der Waals surface area (Å²) in [6, 6.07) is 0.528. The highest BCUT2D eigenvalue weighted by atomic mass is 16.5. The van der Waals surface area contributed by atoms with Crippen LogP contribution < -0.4 is 5.32 Å². The molecular formula is C10H23NO. The fourth-order valence-corrected chi connectivity index (χ4v) is 1.22. The van der Waals surface area contributed by atoms with Crippen molar-refractivity contribution in [3.05, 3.63) is 0 Å². The van der Waals surface area contributed by atoms with E-state index in [0.717, 1.165) is 19.8 Å². The van der Waals surface area contributed by atoms with E-state index < -0.39 is 0 Å². The molecule has 2 unspecified atom stereocenters. The molecule has 0 amide bonds. The minimum Gasteiger partial charge on any atom is -0.380 e. The molecule has 2 atom stereocenters. The fraction of sp³-hybridized carbons (Fsp3) is 1.00. The molecule has 0 rings (SSSR count). The second-order valence-corrected chi connectivity index (χ2v) is 3.21. The van der Waals surface area contributed by atoms with Crippen molar-refractivity contribution in [1.82, 2.24) is 5.32 Å². The lowest BCUT2D eigenvalue weighted by molar-refractivity contribution is 0.105. The van der Waals surface area contributed by atoms with E-state index in [4.69, 9.17) is 4.74 Å². The van der Waals surface area contributed by atoms with Gasteiger partial charge in [-0.3, -0.25) is 0 Å². The Morgan fingerprint density at radius 1 is 1.25 bits per heavy atom. The predicted octanol–water partition coefficient (Wildman–Crippen LogP) is 2.05. The Kier molecular flexibility index (Phi) is 7.51. The van der Waals surface area contributed by atoms with Crippen molar-refractivity contribution in [2.75, 3.05) is 19.8 Å². The van der Waals surface area contributed by atoms with Crippen LogP contribution in [0, 0.1) is 5.92 Å². The summed E-state index contributed by atoms with van der Waals surface area (Å²) >= 11 is 0. The van der Waals surface area contributed by atoms with Crippen molar-refractivity contribution >= 4 is 0 Å². The predicted molar refractivity (Wildman–Crippen MR) is 53.4 cm³/mol. The van der Waals surface area contributed by atoms with Crippen LogP contribution in [-0.4, -0.2) is 25.8 Å². The van der Waals surface area contributed by atoms with Gasteiger partial charge in [0.05, 0.1) is 6.61 Å². The van der Waals surface area contributed by atoms with Gasteiger partial charge in [-0.25, -0.2) is 0 Å². The minimum atomic E-state index is 0.528. The van der Waals surface area contributed by atoms with Gasteiger partial charge in [-0.05, 0) is 19.4 Å². The SMILES string of the molecule is CCNC(COCC)C(C)CC. The Bertz CT molecular complexity index is 95.8. The van der Waals surface area contributed by atoms with Crippen LogP contribution >= 0.6 is 0 Å². The topological polar surface area (TPSA) is 21.3 Å². The van der Waals surface area contributed by atoms with Gasteiger partial charge in [-0.15, -0.1) is 0 Å². The van der Waals surface area contributed by atoms with Crippen LogP contribution in [0.25, 0.3) is 0 Å². The van der Waals surface area contributed by atoms with Gasteiger partial charge >= 0.3 is 0 Å². The third-order valence-electron chi connectivity index (χ3n) is 2.30. The lowest BCUT2D eigenvalue weighted by atomic mass is 10.00. The van der Waals surface area contributed by atoms with E-state index in [9.17, 15) is 0 Å². The number of likely N-dealkylation sites (N-methyl/N-ethyl adjacent to an activating group) is 1. The van der Waals surface area contributed by atoms with E-state index >= 15 is 0 Å². The second kappa shape index (κ2) is 7.56. The van der Waals surface area contributed by atoms with Crippen LogP contribution in [0.5, 0.6) is 0 Å². The first-order valence-corrected chi connectivity index (χ1v) is 5.07. The average molecular weight is 173 g/mol. The molecule has 0 fully saturated rings. The van der Waals surface area contributed by atoms with Crippen LogP contribution in [0.2, 0.25) is 0 Å². The summed E-state index contributed by atoms with van der Waals surface area (Å²) in [6.07, 6.45) is 1.21. The third kappa shape index (κ3) is 4.73. The van der Waals surface area contributed by atoms with Crippen molar-refractivity contribution in [3.63, 3.8) is 0 Å². The summed E-state index contributed by atoms with van der Waals surface area (Å²) in [4.78, 5) is 0. The van der Waals surface area contributed by atoms with Crippen molar-refractivity contribution in [1.29, 1.82) is 0 Å². The zero-order valence-electron chi connectivity index (χ0n) is 8.89. The van der Waals surface area contributed by atoms with Crippen molar-refractivity contribution in [3.8, 4) is 0 Å². The Balaban J connectivity index is 3.68. The van der Waals surface area contributed by atoms with Crippen LogP contribution in [0.3, 0.4) is 0 Å². The van der Waals surface area contributed by atoms with Gasteiger partial charge < -0.3 is 10.1 Å². The highest BCUT2D eigenvalue weighted by Crippen LogP contribution is 2.07. The quantitative estimate of drug-likeness (QED) is 0.636. The van der Waals surface area contributed by atoms with E-state index in [1.807, 2.05) is 6.92 Å². The van der Waals surface area contributed by atoms with Gasteiger partial charge in [-0.2, -0.15) is 0 Å². The molecule has 0 aliphatic rings. The maximum Gasteiger partial charge on any atom is 0.0622 e. The molecule has 12 heavy (non-hydrogen) atoms. The van der Waals surface area contributed by atoms with Crippen LogP contribution in [0.1, 0.15) is 34.1 Å². The molecule has 0 radical (unpaired) electrons. The maximum atomic E-state index is 5.41. The molecule has 0 aliphatic carbocycles. The average Bonchev–Trinajstić information content (AvgIpc) is 2.11. The molecule has 0 spiro atoms. The van der Waals surface area contributed by atoms with Gasteiger partial charge in [0.15, 0.2) is 0 Å². The van der Waals surface area contributed by atoms with E-state index in [1.165, 1.54) is 6.42 Å². The molecule has 0 aliphatic heterocycles. The highest BCUT2D eigenvalue weighted by molar-refractivity contribution is 4.71. The maximum absolute atomic E-state index is 5.41. The lowest BCUT2D eigenvalue weighted by Gasteiger charge is -2.23. The number of ether oxygens (including phenoxy) is 1. The van der Waals surface area contributed by atoms with Crippen molar-refractivity contribution in [2.45, 2.75) is 40.2 Å². The first-order chi connectivity index (χ1) is 5.76. The lowest BCUT2D eigenvalue weighted by Crippen LogP contribution is -2.38. The van der Waals surface area contributed by atoms with E-state index in [0.29, 0.717) is 12.0 Å². The smallest absolute Gasteiger partial charge is 0.0622 e. The van der Waals surface area contributed by atoms with Crippen molar-refractivity contribution < 1.29 is 4.74 Å². The Labute approximate surface area is 76.7 Å². The highest BCUT2D eigenvalue weighted by Gasteiger charge is 2.13. The summed E-state index contributed by atoms with van der Waals surface area (Å²) < 4.78 is 5.41. The standard InChI is InChI=1S/C10H23NO/c1-5-9(4)10(11-6-2)8-12-7-3/h9-11H,5-8H2,1-4H3. The van der Waals surface area contributed by atoms with Gasteiger partial charge in [-0.1, -0.05) is 27.2 Å². The largest absolute Gasteiger partial charge is 0.380 e. The zero-order chi connectivity index (χ0) is 9.40. The summed E-state index contributed by atoms with van der Waals surface area (Å²) in [5.41, 5.74) is 0. The second-order valence-electron chi connectivity index (χ2n) is 3.21. The van der Waals surface area contributed by atoms with E-state index in [-0.39, 0.29) is 0 Å². The first kappa shape index (κ1) is 11.9. The number of rotatable bonds is 7. The van der Waals surface area contributed by atoms with E-state index in [1.54, 1.807) is 0 Å². The van der Waals surface area contributed by atoms with Crippen LogP contribution in [0.15, 0.2) is 0 Å². The fourth-order valence-electron chi connectivity index (χ4n) is 1.22. The molecule has 2 heteroatoms. The van der Waals surface area contributed by atoms with Crippen molar-refractivity contribution in [2.24, 2.45) is 5.92 Å². The molecule has 74 valence electrons. The molecule has 0 bridgehead atoms. The molecule has 0 aromatic carbocycles. The first-order valence-electron chi connectivity index (χ1n) is 5.07. The zero-order valence-corrected chi connectivity index (χ0v) is 8.89. The Morgan fingerprint density at radius 3 is 2.33 bits per heavy atom. The molecule has 0 heterocycles. The molecule has 0 aromatic rings. The molecule has 0 saturated carbocycles. The monoisotopic (exact) mass is 173 g/mol. The molecule has 0 saturated heterocycles. The summed E-state index contributed by atoms with van der Waals surface area (Å²) in [5.74, 6) is 0.705. The van der Waals surface area contributed by atoms with Gasteiger partial charge in [0.25, 0.3) is 0 Å². The molecule has 0 aromatic heterocycles. The van der Waals surface area contributed by atoms with Crippen LogP contribution in [-0.2, 0) is 4.74 Å². The van der Waals surface area contributed by atoms with Gasteiger partial charge in [0, 0.05) is 12.6 Å². The number of nitrogens with one attached hydrogen (secondary N) is 1. The summed E-state index contributed by atoms with van der Waals surface area (Å²) in [7, 11) is 0. The van der Waals surface area contributed by atoms with E-state index in [2.05, 4.69) is 26.1 Å². The van der Waals surface area contributed by atoms with Gasteiger partial charge in [0.1, 0.15) is 0 Å². The molecule has 2 nitrogen and oxygen atoms in total. The summed E-state index contributed by atoms with van der Waals surface area (Å²) in [5, 5.41) is 3.44. The Hall–Kier alpha value is -0.0800.